The largest absolute Gasteiger partial charge is 0.398 e. The Balaban J connectivity index is 2.03. The number of nitrogen functional groups attached to an aromatic ring is 1. The van der Waals surface area contributed by atoms with Crippen LogP contribution in [0.3, 0.4) is 0 Å². The lowest BCUT2D eigenvalue weighted by Crippen LogP contribution is -2.17. The van der Waals surface area contributed by atoms with Crippen molar-refractivity contribution in [2.24, 2.45) is 0 Å². The van der Waals surface area contributed by atoms with Gasteiger partial charge in [0.15, 0.2) is 0 Å². The van der Waals surface area contributed by atoms with Gasteiger partial charge in [-0.25, -0.2) is 0 Å². The molecule has 0 aromatic heterocycles. The van der Waals surface area contributed by atoms with Gasteiger partial charge in [-0.1, -0.05) is 51.8 Å². The molecule has 19 heavy (non-hydrogen) atoms. The van der Waals surface area contributed by atoms with Gasteiger partial charge >= 0.3 is 0 Å². The maximum atomic E-state index is 5.92. The Morgan fingerprint density at radius 2 is 1.89 bits per heavy atom. The highest BCUT2D eigenvalue weighted by molar-refractivity contribution is 9.10. The first-order valence-corrected chi connectivity index (χ1v) is 7.19. The zero-order valence-electron chi connectivity index (χ0n) is 10.7. The Labute approximate surface area is 127 Å². The maximum absolute atomic E-state index is 5.92. The van der Waals surface area contributed by atoms with Gasteiger partial charge < -0.3 is 5.73 Å². The minimum Gasteiger partial charge on any atom is -0.398 e. The van der Waals surface area contributed by atoms with E-state index in [9.17, 15) is 0 Å². The summed E-state index contributed by atoms with van der Waals surface area (Å²) in [6.45, 7) is 1.71. The highest BCUT2D eigenvalue weighted by atomic mass is 79.9. The summed E-state index contributed by atoms with van der Waals surface area (Å²) in [6, 6.07) is 14.0. The summed E-state index contributed by atoms with van der Waals surface area (Å²) in [6.07, 6.45) is 0. The minimum absolute atomic E-state index is 0.609. The van der Waals surface area contributed by atoms with Crippen LogP contribution in [-0.4, -0.2) is 11.9 Å². The zero-order chi connectivity index (χ0) is 13.8. The van der Waals surface area contributed by atoms with Gasteiger partial charge in [-0.05, 0) is 36.4 Å². The van der Waals surface area contributed by atoms with Gasteiger partial charge in [0.25, 0.3) is 0 Å². The molecule has 0 saturated heterocycles. The van der Waals surface area contributed by atoms with Gasteiger partial charge in [-0.2, -0.15) is 0 Å². The van der Waals surface area contributed by atoms with Crippen molar-refractivity contribution >= 4 is 33.2 Å². The fourth-order valence-corrected chi connectivity index (χ4v) is 2.50. The molecule has 0 unspecified atom stereocenters. The summed E-state index contributed by atoms with van der Waals surface area (Å²) in [7, 11) is 2.09. The molecule has 0 radical (unpaired) electrons. The lowest BCUT2D eigenvalue weighted by atomic mass is 10.1. The Hall–Kier alpha value is -1.03. The van der Waals surface area contributed by atoms with Crippen LogP contribution >= 0.6 is 27.5 Å². The zero-order valence-corrected chi connectivity index (χ0v) is 13.1. The molecule has 0 aliphatic heterocycles. The molecule has 0 heterocycles. The fourth-order valence-electron chi connectivity index (χ4n) is 1.98. The van der Waals surface area contributed by atoms with E-state index in [1.54, 1.807) is 0 Å². The number of halogens is 2. The van der Waals surface area contributed by atoms with Crippen LogP contribution in [0.25, 0.3) is 0 Å². The summed E-state index contributed by atoms with van der Waals surface area (Å²) in [5.74, 6) is 0. The predicted molar refractivity (Wildman–Crippen MR) is 85.2 cm³/mol. The number of anilines is 1. The third-order valence-corrected chi connectivity index (χ3v) is 4.03. The first-order valence-electron chi connectivity index (χ1n) is 6.02. The lowest BCUT2D eigenvalue weighted by molar-refractivity contribution is 0.318. The van der Waals surface area contributed by atoms with E-state index >= 15 is 0 Å². The van der Waals surface area contributed by atoms with Gasteiger partial charge in [-0.15, -0.1) is 0 Å². The number of nitrogens with zero attached hydrogens (tertiary/aromatic N) is 1. The third kappa shape index (κ3) is 3.96. The molecule has 2 aromatic rings. The van der Waals surface area contributed by atoms with Gasteiger partial charge in [-0.3, -0.25) is 4.90 Å². The molecule has 4 heteroatoms. The molecule has 2 N–H and O–H groups in total. The van der Waals surface area contributed by atoms with E-state index in [1.807, 2.05) is 30.3 Å². The molecule has 2 nitrogen and oxygen atoms in total. The van der Waals surface area contributed by atoms with Crippen molar-refractivity contribution in [3.8, 4) is 0 Å². The first-order chi connectivity index (χ1) is 9.06. The van der Waals surface area contributed by atoms with Crippen molar-refractivity contribution in [3.05, 3.63) is 63.1 Å². The van der Waals surface area contributed by atoms with E-state index in [0.29, 0.717) is 10.7 Å². The smallest absolute Gasteiger partial charge is 0.0635 e. The van der Waals surface area contributed by atoms with Crippen LogP contribution in [0.4, 0.5) is 5.69 Å². The molecular weight excluding hydrogens is 324 g/mol. The molecular formula is C15H16BrClN2. The van der Waals surface area contributed by atoms with Crippen LogP contribution in [0.5, 0.6) is 0 Å². The average Bonchev–Trinajstić information content (AvgIpc) is 2.37. The van der Waals surface area contributed by atoms with Gasteiger partial charge in [0.2, 0.25) is 0 Å². The van der Waals surface area contributed by atoms with Crippen molar-refractivity contribution in [1.29, 1.82) is 0 Å². The minimum atomic E-state index is 0.609. The van der Waals surface area contributed by atoms with Gasteiger partial charge in [0.1, 0.15) is 0 Å². The third-order valence-electron chi connectivity index (χ3n) is 2.91. The van der Waals surface area contributed by atoms with Crippen LogP contribution in [0.2, 0.25) is 5.02 Å². The Morgan fingerprint density at radius 1 is 1.16 bits per heavy atom. The van der Waals surface area contributed by atoms with Crippen LogP contribution in [0, 0.1) is 0 Å². The Kier molecular flexibility index (Phi) is 4.86. The second-order valence-corrected chi connectivity index (χ2v) is 5.88. The average molecular weight is 340 g/mol. The van der Waals surface area contributed by atoms with Crippen molar-refractivity contribution in [2.75, 3.05) is 12.8 Å². The molecule has 0 bridgehead atoms. The molecule has 2 rings (SSSR count). The second kappa shape index (κ2) is 6.42. The van der Waals surface area contributed by atoms with E-state index in [0.717, 1.165) is 23.1 Å². The predicted octanol–water partition coefficient (Wildman–Crippen LogP) is 4.32. The topological polar surface area (TPSA) is 29.3 Å². The van der Waals surface area contributed by atoms with Crippen LogP contribution in [-0.2, 0) is 13.1 Å². The van der Waals surface area contributed by atoms with E-state index in [1.165, 1.54) is 5.56 Å². The quantitative estimate of drug-likeness (QED) is 0.841. The van der Waals surface area contributed by atoms with Crippen LogP contribution in [0.1, 0.15) is 11.1 Å². The molecule has 2 aromatic carbocycles. The first kappa shape index (κ1) is 14.4. The van der Waals surface area contributed by atoms with Gasteiger partial charge in [0.05, 0.1) is 10.7 Å². The monoisotopic (exact) mass is 338 g/mol. The molecule has 0 saturated carbocycles. The van der Waals surface area contributed by atoms with E-state index in [4.69, 9.17) is 17.3 Å². The molecule has 0 spiro atoms. The normalized spacial score (nSPS) is 10.9. The summed E-state index contributed by atoms with van der Waals surface area (Å²) in [4.78, 5) is 2.24. The van der Waals surface area contributed by atoms with Crippen molar-refractivity contribution in [3.63, 3.8) is 0 Å². The lowest BCUT2D eigenvalue weighted by Gasteiger charge is -2.18. The second-order valence-electron chi connectivity index (χ2n) is 4.62. The van der Waals surface area contributed by atoms with Crippen LogP contribution in [0.15, 0.2) is 46.9 Å². The number of rotatable bonds is 4. The van der Waals surface area contributed by atoms with Gasteiger partial charge in [0, 0.05) is 17.6 Å². The number of hydrogen-bond acceptors (Lipinski definition) is 2. The summed E-state index contributed by atoms with van der Waals surface area (Å²) < 4.78 is 1.14. The van der Waals surface area contributed by atoms with Crippen LogP contribution < -0.4 is 5.73 Å². The highest BCUT2D eigenvalue weighted by Gasteiger charge is 2.05. The molecule has 0 aliphatic rings. The number of hydrogen-bond donors (Lipinski definition) is 1. The SMILES string of the molecule is CN(Cc1ccc(Cl)c(N)c1)Cc1ccccc1Br. The molecule has 0 amide bonds. The van der Waals surface area contributed by atoms with Crippen molar-refractivity contribution in [1.82, 2.24) is 4.90 Å². The van der Waals surface area contributed by atoms with E-state index in [2.05, 4.69) is 40.0 Å². The van der Waals surface area contributed by atoms with Crippen molar-refractivity contribution < 1.29 is 0 Å². The molecule has 100 valence electrons. The molecule has 0 fully saturated rings. The molecule has 0 atom stereocenters. The maximum Gasteiger partial charge on any atom is 0.0635 e. The summed E-state index contributed by atoms with van der Waals surface area (Å²) in [5, 5.41) is 0.609. The number of nitrogens with two attached hydrogens (primary N) is 1. The standard InChI is InChI=1S/C15H16BrClN2/c1-19(10-12-4-2-3-5-13(12)16)9-11-6-7-14(17)15(18)8-11/h2-8H,9-10,18H2,1H3. The van der Waals surface area contributed by atoms with Crippen molar-refractivity contribution in [2.45, 2.75) is 13.1 Å². The summed E-state index contributed by atoms with van der Waals surface area (Å²) in [5.41, 5.74) is 8.88. The summed E-state index contributed by atoms with van der Waals surface area (Å²) >= 11 is 9.49. The highest BCUT2D eigenvalue weighted by Crippen LogP contribution is 2.21. The van der Waals surface area contributed by atoms with E-state index in [-0.39, 0.29) is 0 Å². The molecule has 0 aliphatic carbocycles. The Bertz CT molecular complexity index is 572. The Morgan fingerprint density at radius 3 is 2.58 bits per heavy atom. The fraction of sp³-hybridized carbons (Fsp3) is 0.200. The number of benzene rings is 2. The van der Waals surface area contributed by atoms with E-state index < -0.39 is 0 Å².